The summed E-state index contributed by atoms with van der Waals surface area (Å²) < 4.78 is 28.4. The van der Waals surface area contributed by atoms with Crippen molar-refractivity contribution in [2.24, 2.45) is 7.05 Å². The molecule has 0 aliphatic rings. The fraction of sp³-hybridized carbons (Fsp3) is 0.308. The number of hydrogen-bond donors (Lipinski definition) is 2. The average molecular weight is 294 g/mol. The number of anilines is 1. The molecule has 0 bridgehead atoms. The normalized spacial score (nSPS) is 11.5. The fourth-order valence-corrected chi connectivity index (χ4v) is 2.81. The SMILES string of the molecule is CCNCc1ccc(S(=O)(=O)Nc2ccnn2C)cc1. The van der Waals surface area contributed by atoms with E-state index in [1.807, 2.05) is 6.92 Å². The van der Waals surface area contributed by atoms with Crippen LogP contribution in [0.4, 0.5) is 5.82 Å². The first-order chi connectivity index (χ1) is 9.53. The third-order valence-corrected chi connectivity index (χ3v) is 4.24. The van der Waals surface area contributed by atoms with E-state index in [2.05, 4.69) is 15.1 Å². The number of sulfonamides is 1. The van der Waals surface area contributed by atoms with Gasteiger partial charge in [-0.1, -0.05) is 19.1 Å². The zero-order valence-electron chi connectivity index (χ0n) is 11.5. The van der Waals surface area contributed by atoms with Crippen molar-refractivity contribution >= 4 is 15.8 Å². The minimum absolute atomic E-state index is 0.235. The molecule has 0 amide bonds. The summed E-state index contributed by atoms with van der Waals surface area (Å²) in [5, 5.41) is 7.11. The molecule has 2 aromatic rings. The van der Waals surface area contributed by atoms with Crippen LogP contribution in [0.3, 0.4) is 0 Å². The Morgan fingerprint density at radius 3 is 2.45 bits per heavy atom. The molecule has 6 nitrogen and oxygen atoms in total. The van der Waals surface area contributed by atoms with Gasteiger partial charge in [0, 0.05) is 19.7 Å². The standard InChI is InChI=1S/C13H18N4O2S/c1-3-14-10-11-4-6-12(7-5-11)20(18,19)16-13-8-9-15-17(13)2/h4-9,14,16H,3,10H2,1-2H3. The van der Waals surface area contributed by atoms with Gasteiger partial charge < -0.3 is 5.32 Å². The Morgan fingerprint density at radius 1 is 1.20 bits per heavy atom. The highest BCUT2D eigenvalue weighted by atomic mass is 32.2. The second kappa shape index (κ2) is 6.06. The molecule has 2 rings (SSSR count). The summed E-state index contributed by atoms with van der Waals surface area (Å²) in [6.07, 6.45) is 1.54. The number of nitrogens with zero attached hydrogens (tertiary/aromatic N) is 2. The molecule has 0 fully saturated rings. The van der Waals surface area contributed by atoms with Gasteiger partial charge in [-0.3, -0.25) is 9.40 Å². The van der Waals surface area contributed by atoms with Gasteiger partial charge in [-0.05, 0) is 24.2 Å². The highest BCUT2D eigenvalue weighted by molar-refractivity contribution is 7.92. The molecule has 0 saturated heterocycles. The van der Waals surface area contributed by atoms with Gasteiger partial charge in [0.05, 0.1) is 11.1 Å². The first kappa shape index (κ1) is 14.5. The van der Waals surface area contributed by atoms with Crippen LogP contribution in [0.1, 0.15) is 12.5 Å². The third-order valence-electron chi connectivity index (χ3n) is 2.87. The van der Waals surface area contributed by atoms with Gasteiger partial charge in [0.25, 0.3) is 10.0 Å². The molecule has 0 atom stereocenters. The maximum atomic E-state index is 12.2. The van der Waals surface area contributed by atoms with E-state index < -0.39 is 10.0 Å². The van der Waals surface area contributed by atoms with Crippen molar-refractivity contribution in [2.75, 3.05) is 11.3 Å². The lowest BCUT2D eigenvalue weighted by atomic mass is 10.2. The van der Waals surface area contributed by atoms with Gasteiger partial charge in [0.1, 0.15) is 5.82 Å². The summed E-state index contributed by atoms with van der Waals surface area (Å²) in [7, 11) is -1.90. The van der Waals surface area contributed by atoms with E-state index in [0.717, 1.165) is 18.7 Å². The summed E-state index contributed by atoms with van der Waals surface area (Å²) in [5.41, 5.74) is 1.05. The summed E-state index contributed by atoms with van der Waals surface area (Å²) in [6.45, 7) is 3.63. The molecule has 0 saturated carbocycles. The van der Waals surface area contributed by atoms with Gasteiger partial charge in [-0.2, -0.15) is 5.10 Å². The van der Waals surface area contributed by atoms with Gasteiger partial charge in [0.2, 0.25) is 0 Å². The third kappa shape index (κ3) is 3.37. The maximum absolute atomic E-state index is 12.2. The molecule has 108 valence electrons. The van der Waals surface area contributed by atoms with Crippen molar-refractivity contribution in [1.29, 1.82) is 0 Å². The van der Waals surface area contributed by atoms with E-state index in [1.54, 1.807) is 37.4 Å². The van der Waals surface area contributed by atoms with E-state index >= 15 is 0 Å². The van der Waals surface area contributed by atoms with Crippen molar-refractivity contribution in [3.05, 3.63) is 42.1 Å². The largest absolute Gasteiger partial charge is 0.313 e. The molecule has 0 aliphatic carbocycles. The molecule has 0 unspecified atom stereocenters. The Bertz CT molecular complexity index is 662. The molecule has 1 aromatic heterocycles. The van der Waals surface area contributed by atoms with E-state index in [1.165, 1.54) is 10.9 Å². The molecule has 7 heteroatoms. The first-order valence-corrected chi connectivity index (χ1v) is 7.81. The lowest BCUT2D eigenvalue weighted by Gasteiger charge is -2.09. The smallest absolute Gasteiger partial charge is 0.263 e. The van der Waals surface area contributed by atoms with Crippen molar-refractivity contribution in [3.63, 3.8) is 0 Å². The highest BCUT2D eigenvalue weighted by Gasteiger charge is 2.15. The Morgan fingerprint density at radius 2 is 1.90 bits per heavy atom. The van der Waals surface area contributed by atoms with Crippen LogP contribution in [-0.4, -0.2) is 24.7 Å². The van der Waals surface area contributed by atoms with Gasteiger partial charge in [0.15, 0.2) is 0 Å². The van der Waals surface area contributed by atoms with Crippen LogP contribution < -0.4 is 10.0 Å². The highest BCUT2D eigenvalue weighted by Crippen LogP contribution is 2.15. The molecule has 0 aliphatic heterocycles. The lowest BCUT2D eigenvalue weighted by molar-refractivity contribution is 0.600. The van der Waals surface area contributed by atoms with Crippen molar-refractivity contribution in [3.8, 4) is 0 Å². The van der Waals surface area contributed by atoms with Crippen LogP contribution in [-0.2, 0) is 23.6 Å². The van der Waals surface area contributed by atoms with Gasteiger partial charge in [-0.15, -0.1) is 0 Å². The Balaban J connectivity index is 2.15. The number of rotatable bonds is 6. The van der Waals surface area contributed by atoms with Crippen molar-refractivity contribution in [1.82, 2.24) is 15.1 Å². The van der Waals surface area contributed by atoms with Crippen LogP contribution in [0, 0.1) is 0 Å². The Labute approximate surface area is 118 Å². The van der Waals surface area contributed by atoms with E-state index in [4.69, 9.17) is 0 Å². The summed E-state index contributed by atoms with van der Waals surface area (Å²) in [5.74, 6) is 0.432. The van der Waals surface area contributed by atoms with Crippen molar-refractivity contribution in [2.45, 2.75) is 18.4 Å². The number of hydrogen-bond acceptors (Lipinski definition) is 4. The van der Waals surface area contributed by atoms with Crippen LogP contribution >= 0.6 is 0 Å². The number of benzene rings is 1. The quantitative estimate of drug-likeness (QED) is 0.843. The first-order valence-electron chi connectivity index (χ1n) is 6.33. The number of aromatic nitrogens is 2. The van der Waals surface area contributed by atoms with E-state index in [-0.39, 0.29) is 4.90 Å². The van der Waals surface area contributed by atoms with Crippen LogP contribution in [0.15, 0.2) is 41.4 Å². The van der Waals surface area contributed by atoms with Gasteiger partial charge >= 0.3 is 0 Å². The summed E-state index contributed by atoms with van der Waals surface area (Å²) >= 11 is 0. The number of nitrogens with one attached hydrogen (secondary N) is 2. The molecule has 0 spiro atoms. The predicted molar refractivity (Wildman–Crippen MR) is 77.8 cm³/mol. The molecule has 2 N–H and O–H groups in total. The topological polar surface area (TPSA) is 76.0 Å². The second-order valence-corrected chi connectivity index (χ2v) is 6.05. The van der Waals surface area contributed by atoms with Crippen LogP contribution in [0.5, 0.6) is 0 Å². The number of aryl methyl sites for hydroxylation is 1. The summed E-state index contributed by atoms with van der Waals surface area (Å²) in [6, 6.07) is 8.43. The minimum atomic E-state index is -3.57. The Kier molecular flexibility index (Phi) is 4.41. The fourth-order valence-electron chi connectivity index (χ4n) is 1.73. The van der Waals surface area contributed by atoms with Crippen molar-refractivity contribution < 1.29 is 8.42 Å². The zero-order chi connectivity index (χ0) is 14.6. The average Bonchev–Trinajstić information content (AvgIpc) is 2.82. The molecular weight excluding hydrogens is 276 g/mol. The van der Waals surface area contributed by atoms with E-state index in [9.17, 15) is 8.42 Å². The molecule has 0 radical (unpaired) electrons. The van der Waals surface area contributed by atoms with Crippen LogP contribution in [0.25, 0.3) is 0 Å². The van der Waals surface area contributed by atoms with E-state index in [0.29, 0.717) is 5.82 Å². The monoisotopic (exact) mass is 294 g/mol. The molecular formula is C13H18N4O2S. The Hall–Kier alpha value is -1.86. The molecule has 1 aromatic carbocycles. The van der Waals surface area contributed by atoms with Gasteiger partial charge in [-0.25, -0.2) is 8.42 Å². The molecule has 20 heavy (non-hydrogen) atoms. The molecule has 1 heterocycles. The predicted octanol–water partition coefficient (Wildman–Crippen LogP) is 1.33. The maximum Gasteiger partial charge on any atom is 0.263 e. The minimum Gasteiger partial charge on any atom is -0.313 e. The second-order valence-electron chi connectivity index (χ2n) is 4.37. The lowest BCUT2D eigenvalue weighted by Crippen LogP contribution is -2.16. The summed E-state index contributed by atoms with van der Waals surface area (Å²) in [4.78, 5) is 0.235. The zero-order valence-corrected chi connectivity index (χ0v) is 12.3. The van der Waals surface area contributed by atoms with Crippen LogP contribution in [0.2, 0.25) is 0 Å².